The van der Waals surface area contributed by atoms with E-state index in [0.717, 1.165) is 36.9 Å². The Bertz CT molecular complexity index is 700. The molecule has 1 fully saturated rings. The van der Waals surface area contributed by atoms with E-state index in [4.69, 9.17) is 0 Å². The van der Waals surface area contributed by atoms with Crippen molar-refractivity contribution in [3.05, 3.63) is 47.7 Å². The highest BCUT2D eigenvalue weighted by molar-refractivity contribution is 7.98. The second kappa shape index (κ2) is 8.10. The lowest BCUT2D eigenvalue weighted by Gasteiger charge is -2.37. The van der Waals surface area contributed by atoms with Gasteiger partial charge in [0.05, 0.1) is 0 Å². The summed E-state index contributed by atoms with van der Waals surface area (Å²) in [6.45, 7) is 2.03. The normalized spacial score (nSPS) is 15.8. The van der Waals surface area contributed by atoms with E-state index in [9.17, 15) is 8.78 Å². The number of anilines is 1. The zero-order chi connectivity index (χ0) is 17.8. The summed E-state index contributed by atoms with van der Waals surface area (Å²) in [5.74, 6) is -0.00895. The molecule has 1 aromatic carbocycles. The topological polar surface area (TPSA) is 32.3 Å². The van der Waals surface area contributed by atoms with E-state index < -0.39 is 11.6 Å². The molecule has 0 bridgehead atoms. The fraction of sp³-hybridized carbons (Fsp3) is 0.444. The third-order valence-electron chi connectivity index (χ3n) is 4.68. The number of halogens is 2. The van der Waals surface area contributed by atoms with Gasteiger partial charge < -0.3 is 4.90 Å². The van der Waals surface area contributed by atoms with Crippen LogP contribution in [0.3, 0.4) is 0 Å². The molecule has 0 spiro atoms. The molecule has 4 nitrogen and oxygen atoms in total. The number of rotatable bonds is 5. The van der Waals surface area contributed by atoms with Crippen LogP contribution in [0.5, 0.6) is 0 Å². The van der Waals surface area contributed by atoms with Crippen molar-refractivity contribution in [3.8, 4) is 0 Å². The smallest absolute Gasteiger partial charge is 0.189 e. The molecule has 3 rings (SSSR count). The van der Waals surface area contributed by atoms with E-state index in [1.165, 1.54) is 30.0 Å². The van der Waals surface area contributed by atoms with E-state index in [2.05, 4.69) is 14.9 Å². The summed E-state index contributed by atoms with van der Waals surface area (Å²) < 4.78 is 27.7. The molecule has 0 atom stereocenters. The highest BCUT2D eigenvalue weighted by Crippen LogP contribution is 2.23. The molecule has 1 aliphatic rings. The predicted molar refractivity (Wildman–Crippen MR) is 96.9 cm³/mol. The SMILES string of the molecule is CSc1nccc(N2CCC(N(C)Cc3c(F)cccc3F)CC2)n1. The molecule has 0 amide bonds. The molecule has 0 saturated carbocycles. The minimum atomic E-state index is -0.477. The van der Waals surface area contributed by atoms with E-state index in [1.807, 2.05) is 24.3 Å². The van der Waals surface area contributed by atoms with Gasteiger partial charge in [0.15, 0.2) is 5.16 Å². The zero-order valence-corrected chi connectivity index (χ0v) is 15.3. The first-order valence-corrected chi connectivity index (χ1v) is 9.56. The lowest BCUT2D eigenvalue weighted by Crippen LogP contribution is -2.43. The van der Waals surface area contributed by atoms with E-state index in [1.54, 1.807) is 6.20 Å². The van der Waals surface area contributed by atoms with Crippen LogP contribution in [0.1, 0.15) is 18.4 Å². The molecule has 25 heavy (non-hydrogen) atoms. The molecule has 0 N–H and O–H groups in total. The van der Waals surface area contributed by atoms with Gasteiger partial charge in [-0.2, -0.15) is 0 Å². The Morgan fingerprint density at radius 2 is 1.88 bits per heavy atom. The number of piperidine rings is 1. The maximum absolute atomic E-state index is 13.8. The van der Waals surface area contributed by atoms with Crippen molar-refractivity contribution in [1.82, 2.24) is 14.9 Å². The van der Waals surface area contributed by atoms with Crippen molar-refractivity contribution in [1.29, 1.82) is 0 Å². The maximum atomic E-state index is 13.8. The molecular weight excluding hydrogens is 342 g/mol. The van der Waals surface area contributed by atoms with Gasteiger partial charge in [-0.3, -0.25) is 4.90 Å². The first kappa shape index (κ1) is 18.1. The minimum absolute atomic E-state index is 0.146. The Morgan fingerprint density at radius 3 is 2.52 bits per heavy atom. The molecule has 1 saturated heterocycles. The van der Waals surface area contributed by atoms with Gasteiger partial charge in [-0.1, -0.05) is 17.8 Å². The van der Waals surface area contributed by atoms with Crippen molar-refractivity contribution in [3.63, 3.8) is 0 Å². The zero-order valence-electron chi connectivity index (χ0n) is 14.5. The number of hydrogen-bond donors (Lipinski definition) is 0. The molecule has 2 heterocycles. The molecule has 1 aromatic heterocycles. The number of benzene rings is 1. The Kier molecular flexibility index (Phi) is 5.86. The van der Waals surface area contributed by atoms with Crippen molar-refractivity contribution in [2.24, 2.45) is 0 Å². The average molecular weight is 364 g/mol. The van der Waals surface area contributed by atoms with E-state index in [0.29, 0.717) is 6.04 Å². The van der Waals surface area contributed by atoms with Crippen molar-refractivity contribution in [2.75, 3.05) is 31.3 Å². The summed E-state index contributed by atoms with van der Waals surface area (Å²) in [4.78, 5) is 13.0. The van der Waals surface area contributed by atoms with Gasteiger partial charge in [-0.15, -0.1) is 0 Å². The van der Waals surface area contributed by atoms with E-state index >= 15 is 0 Å². The first-order chi connectivity index (χ1) is 12.1. The van der Waals surface area contributed by atoms with Crippen LogP contribution in [0, 0.1) is 11.6 Å². The summed E-state index contributed by atoms with van der Waals surface area (Å²) in [5.41, 5.74) is 0.146. The minimum Gasteiger partial charge on any atom is -0.356 e. The molecular formula is C18H22F2N4S. The van der Waals surface area contributed by atoms with Gasteiger partial charge in [-0.05, 0) is 44.3 Å². The van der Waals surface area contributed by atoms with Gasteiger partial charge in [0.25, 0.3) is 0 Å². The summed E-state index contributed by atoms with van der Waals surface area (Å²) in [5, 5.41) is 0.770. The van der Waals surface area contributed by atoms with Crippen LogP contribution in [0.2, 0.25) is 0 Å². The van der Waals surface area contributed by atoms with Gasteiger partial charge >= 0.3 is 0 Å². The lowest BCUT2D eigenvalue weighted by molar-refractivity contribution is 0.195. The third kappa shape index (κ3) is 4.27. The molecule has 0 radical (unpaired) electrons. The number of thioether (sulfide) groups is 1. The number of hydrogen-bond acceptors (Lipinski definition) is 5. The first-order valence-electron chi connectivity index (χ1n) is 8.33. The molecule has 0 aliphatic carbocycles. The summed E-state index contributed by atoms with van der Waals surface area (Å²) >= 11 is 1.53. The highest BCUT2D eigenvalue weighted by atomic mass is 32.2. The second-order valence-electron chi connectivity index (χ2n) is 6.24. The Balaban J connectivity index is 1.60. The largest absolute Gasteiger partial charge is 0.356 e. The quantitative estimate of drug-likeness (QED) is 0.598. The molecule has 1 aliphatic heterocycles. The lowest BCUT2D eigenvalue weighted by atomic mass is 10.0. The predicted octanol–water partition coefficient (Wildman–Crippen LogP) is 3.58. The Hall–Kier alpha value is -1.73. The van der Waals surface area contributed by atoms with Crippen molar-refractivity contribution in [2.45, 2.75) is 30.6 Å². The fourth-order valence-electron chi connectivity index (χ4n) is 3.20. The number of nitrogens with zero attached hydrogens (tertiary/aromatic N) is 4. The molecule has 134 valence electrons. The molecule has 0 unspecified atom stereocenters. The van der Waals surface area contributed by atoms with Crippen LogP contribution in [0.15, 0.2) is 35.6 Å². The fourth-order valence-corrected chi connectivity index (χ4v) is 3.55. The van der Waals surface area contributed by atoms with Crippen molar-refractivity contribution < 1.29 is 8.78 Å². The standard InChI is InChI=1S/C18H22F2N4S/c1-23(12-14-15(19)4-3-5-16(14)20)13-7-10-24(11-8-13)17-6-9-21-18(22-17)25-2/h3-6,9,13H,7-8,10-12H2,1-2H3. The van der Waals surface area contributed by atoms with Gasteiger partial charge in [0.1, 0.15) is 17.5 Å². The van der Waals surface area contributed by atoms with Crippen LogP contribution in [0.4, 0.5) is 14.6 Å². The van der Waals surface area contributed by atoms with Crippen LogP contribution in [-0.4, -0.2) is 47.3 Å². The highest BCUT2D eigenvalue weighted by Gasteiger charge is 2.24. The van der Waals surface area contributed by atoms with Crippen LogP contribution in [-0.2, 0) is 6.54 Å². The third-order valence-corrected chi connectivity index (χ3v) is 5.24. The maximum Gasteiger partial charge on any atom is 0.189 e. The Morgan fingerprint density at radius 1 is 1.20 bits per heavy atom. The van der Waals surface area contributed by atoms with Crippen LogP contribution < -0.4 is 4.90 Å². The monoisotopic (exact) mass is 364 g/mol. The van der Waals surface area contributed by atoms with Gasteiger partial charge in [0.2, 0.25) is 0 Å². The Labute approximate surface area is 151 Å². The van der Waals surface area contributed by atoms with Crippen LogP contribution >= 0.6 is 11.8 Å². The van der Waals surface area contributed by atoms with Crippen LogP contribution in [0.25, 0.3) is 0 Å². The van der Waals surface area contributed by atoms with Gasteiger partial charge in [-0.25, -0.2) is 18.7 Å². The summed E-state index contributed by atoms with van der Waals surface area (Å²) in [6, 6.07) is 6.26. The second-order valence-corrected chi connectivity index (χ2v) is 7.01. The summed E-state index contributed by atoms with van der Waals surface area (Å²) in [6.07, 6.45) is 5.62. The molecule has 7 heteroatoms. The van der Waals surface area contributed by atoms with Crippen molar-refractivity contribution >= 4 is 17.6 Å². The van der Waals surface area contributed by atoms with E-state index in [-0.39, 0.29) is 12.1 Å². The number of aromatic nitrogens is 2. The average Bonchev–Trinajstić information content (AvgIpc) is 2.65. The van der Waals surface area contributed by atoms with Gasteiger partial charge in [0, 0.05) is 37.4 Å². The summed E-state index contributed by atoms with van der Waals surface area (Å²) in [7, 11) is 1.93. The molecule has 2 aromatic rings.